The molecule has 1 heterocycles. The zero-order valence-corrected chi connectivity index (χ0v) is 10.3. The molecule has 0 amide bonds. The Hall–Kier alpha value is -1.03. The second kappa shape index (κ2) is 4.45. The molecule has 1 aromatic rings. The van der Waals surface area contributed by atoms with E-state index in [9.17, 15) is 0 Å². The molecule has 5 heteroatoms. The van der Waals surface area contributed by atoms with Gasteiger partial charge >= 0.3 is 0 Å². The van der Waals surface area contributed by atoms with Crippen molar-refractivity contribution in [3.05, 3.63) is 11.5 Å². The summed E-state index contributed by atoms with van der Waals surface area (Å²) in [7, 11) is 1.57. The fourth-order valence-corrected chi connectivity index (χ4v) is 2.12. The van der Waals surface area contributed by atoms with E-state index in [2.05, 4.69) is 22.2 Å². The van der Waals surface area contributed by atoms with Gasteiger partial charge in [-0.2, -0.15) is 0 Å². The van der Waals surface area contributed by atoms with Gasteiger partial charge in [0.25, 0.3) is 0 Å². The zero-order chi connectivity index (χ0) is 11.6. The Kier molecular flexibility index (Phi) is 3.19. The van der Waals surface area contributed by atoms with Crippen molar-refractivity contribution in [3.8, 4) is 5.75 Å². The number of methoxy groups -OCH3 is 1. The van der Waals surface area contributed by atoms with Crippen molar-refractivity contribution in [3.63, 3.8) is 0 Å². The first-order valence-electron chi connectivity index (χ1n) is 5.43. The summed E-state index contributed by atoms with van der Waals surface area (Å²) >= 11 is 5.91. The van der Waals surface area contributed by atoms with Gasteiger partial charge in [-0.05, 0) is 18.3 Å². The van der Waals surface area contributed by atoms with E-state index < -0.39 is 0 Å². The summed E-state index contributed by atoms with van der Waals surface area (Å²) < 4.78 is 5.17. The molecule has 1 aliphatic carbocycles. The van der Waals surface area contributed by atoms with Gasteiger partial charge in [-0.25, -0.2) is 9.97 Å². The van der Waals surface area contributed by atoms with E-state index in [-0.39, 0.29) is 0 Å². The van der Waals surface area contributed by atoms with Gasteiger partial charge in [-0.15, -0.1) is 0 Å². The zero-order valence-electron chi connectivity index (χ0n) is 9.59. The van der Waals surface area contributed by atoms with Gasteiger partial charge in [0.2, 0.25) is 0 Å². The van der Waals surface area contributed by atoms with E-state index in [0.29, 0.717) is 22.1 Å². The standard InChI is InChI=1S/C11H16ClN3O/c1-11(4-3-5-11)6-13-10-8(16-2)9(12)14-7-15-10/h7H,3-6H2,1-2H3,(H,13,14,15). The van der Waals surface area contributed by atoms with Crippen LogP contribution in [-0.4, -0.2) is 23.6 Å². The molecule has 0 radical (unpaired) electrons. The minimum Gasteiger partial charge on any atom is -0.490 e. The van der Waals surface area contributed by atoms with Crippen LogP contribution in [0.15, 0.2) is 6.33 Å². The molecule has 1 aromatic heterocycles. The fraction of sp³-hybridized carbons (Fsp3) is 0.636. The molecule has 0 aliphatic heterocycles. The minimum absolute atomic E-state index is 0.346. The van der Waals surface area contributed by atoms with Crippen LogP contribution in [0.25, 0.3) is 0 Å². The summed E-state index contributed by atoms with van der Waals surface area (Å²) in [5.41, 5.74) is 0.391. The third-order valence-electron chi connectivity index (χ3n) is 3.21. The summed E-state index contributed by atoms with van der Waals surface area (Å²) in [6, 6.07) is 0. The van der Waals surface area contributed by atoms with E-state index >= 15 is 0 Å². The smallest absolute Gasteiger partial charge is 0.198 e. The molecule has 1 saturated carbocycles. The fourth-order valence-electron chi connectivity index (χ4n) is 1.91. The van der Waals surface area contributed by atoms with E-state index in [4.69, 9.17) is 16.3 Å². The van der Waals surface area contributed by atoms with Crippen LogP contribution in [0.5, 0.6) is 5.75 Å². The van der Waals surface area contributed by atoms with Gasteiger partial charge in [-0.3, -0.25) is 0 Å². The molecule has 1 aliphatic rings. The Morgan fingerprint density at radius 1 is 1.50 bits per heavy atom. The molecule has 0 aromatic carbocycles. The monoisotopic (exact) mass is 241 g/mol. The maximum Gasteiger partial charge on any atom is 0.198 e. The first-order chi connectivity index (χ1) is 7.64. The summed E-state index contributed by atoms with van der Waals surface area (Å²) in [5.74, 6) is 1.20. The topological polar surface area (TPSA) is 47.0 Å². The average molecular weight is 242 g/mol. The van der Waals surface area contributed by atoms with Gasteiger partial charge in [0.05, 0.1) is 7.11 Å². The van der Waals surface area contributed by atoms with Crippen molar-refractivity contribution in [1.82, 2.24) is 9.97 Å². The maximum atomic E-state index is 5.91. The normalized spacial score (nSPS) is 17.7. The summed E-state index contributed by atoms with van der Waals surface area (Å²) in [6.07, 6.45) is 5.29. The third-order valence-corrected chi connectivity index (χ3v) is 3.48. The van der Waals surface area contributed by atoms with Gasteiger partial charge < -0.3 is 10.1 Å². The Morgan fingerprint density at radius 2 is 2.25 bits per heavy atom. The van der Waals surface area contributed by atoms with Crippen LogP contribution in [0.2, 0.25) is 5.15 Å². The molecular weight excluding hydrogens is 226 g/mol. The molecule has 88 valence electrons. The molecule has 0 atom stereocenters. The number of nitrogens with one attached hydrogen (secondary N) is 1. The van der Waals surface area contributed by atoms with Crippen LogP contribution in [-0.2, 0) is 0 Å². The highest BCUT2D eigenvalue weighted by Crippen LogP contribution is 2.40. The molecule has 2 rings (SSSR count). The van der Waals surface area contributed by atoms with E-state index in [0.717, 1.165) is 6.54 Å². The van der Waals surface area contributed by atoms with Gasteiger partial charge in [0.1, 0.15) is 6.33 Å². The van der Waals surface area contributed by atoms with Crippen LogP contribution >= 0.6 is 11.6 Å². The largest absolute Gasteiger partial charge is 0.490 e. The molecule has 0 saturated heterocycles. The highest BCUT2D eigenvalue weighted by atomic mass is 35.5. The number of halogens is 1. The number of aromatic nitrogens is 2. The molecule has 1 N–H and O–H groups in total. The second-order valence-electron chi connectivity index (χ2n) is 4.56. The van der Waals surface area contributed by atoms with Gasteiger partial charge in [-0.1, -0.05) is 24.9 Å². The lowest BCUT2D eigenvalue weighted by Gasteiger charge is -2.38. The molecule has 1 fully saturated rings. The SMILES string of the molecule is COc1c(Cl)ncnc1NCC1(C)CCC1. The average Bonchev–Trinajstić information content (AvgIpc) is 2.24. The van der Waals surface area contributed by atoms with Crippen LogP contribution in [0, 0.1) is 5.41 Å². The summed E-state index contributed by atoms with van der Waals surface area (Å²) in [4.78, 5) is 8.02. The van der Waals surface area contributed by atoms with Gasteiger partial charge in [0, 0.05) is 6.54 Å². The van der Waals surface area contributed by atoms with Crippen LogP contribution in [0.3, 0.4) is 0 Å². The number of ether oxygens (including phenoxy) is 1. The first kappa shape index (κ1) is 11.5. The highest BCUT2D eigenvalue weighted by molar-refractivity contribution is 6.31. The third kappa shape index (κ3) is 2.21. The minimum atomic E-state index is 0.346. The van der Waals surface area contributed by atoms with Crippen LogP contribution in [0.1, 0.15) is 26.2 Å². The quantitative estimate of drug-likeness (QED) is 0.824. The molecular formula is C11H16ClN3O. The Labute approximate surface area is 100 Å². The van der Waals surface area contributed by atoms with E-state index in [1.54, 1.807) is 7.11 Å². The van der Waals surface area contributed by atoms with Gasteiger partial charge in [0.15, 0.2) is 16.7 Å². The molecule has 0 spiro atoms. The summed E-state index contributed by atoms with van der Waals surface area (Å²) in [5, 5.41) is 3.63. The predicted octanol–water partition coefficient (Wildman–Crippen LogP) is 2.74. The van der Waals surface area contributed by atoms with Crippen molar-refractivity contribution < 1.29 is 4.74 Å². The Balaban J connectivity index is 2.06. The Bertz CT molecular complexity index is 379. The van der Waals surface area contributed by atoms with Crippen molar-refractivity contribution in [2.24, 2.45) is 5.41 Å². The van der Waals surface area contributed by atoms with Crippen molar-refractivity contribution >= 4 is 17.4 Å². The van der Waals surface area contributed by atoms with Crippen molar-refractivity contribution in [2.75, 3.05) is 19.0 Å². The van der Waals surface area contributed by atoms with Crippen LogP contribution in [0.4, 0.5) is 5.82 Å². The van der Waals surface area contributed by atoms with Crippen LogP contribution < -0.4 is 10.1 Å². The summed E-state index contributed by atoms with van der Waals surface area (Å²) in [6.45, 7) is 3.18. The number of anilines is 1. The Morgan fingerprint density at radius 3 is 2.81 bits per heavy atom. The lowest BCUT2D eigenvalue weighted by atomic mass is 9.70. The number of rotatable bonds is 4. The molecule has 16 heavy (non-hydrogen) atoms. The predicted molar refractivity (Wildman–Crippen MR) is 64.0 cm³/mol. The number of hydrogen-bond acceptors (Lipinski definition) is 4. The van der Waals surface area contributed by atoms with E-state index in [1.807, 2.05) is 0 Å². The highest BCUT2D eigenvalue weighted by Gasteiger charge is 2.31. The lowest BCUT2D eigenvalue weighted by molar-refractivity contribution is 0.179. The lowest BCUT2D eigenvalue weighted by Crippen LogP contribution is -2.33. The van der Waals surface area contributed by atoms with Crippen molar-refractivity contribution in [2.45, 2.75) is 26.2 Å². The second-order valence-corrected chi connectivity index (χ2v) is 4.92. The maximum absolute atomic E-state index is 5.91. The first-order valence-corrected chi connectivity index (χ1v) is 5.81. The number of hydrogen-bond donors (Lipinski definition) is 1. The van der Waals surface area contributed by atoms with E-state index in [1.165, 1.54) is 25.6 Å². The molecule has 4 nitrogen and oxygen atoms in total. The number of nitrogens with zero attached hydrogens (tertiary/aromatic N) is 2. The molecule has 0 unspecified atom stereocenters. The van der Waals surface area contributed by atoms with Crippen molar-refractivity contribution in [1.29, 1.82) is 0 Å². The molecule has 0 bridgehead atoms.